The standard InChI is InChI=1S/C26H35N3O3/c1-18(2)7-6-8-19-11-13-20(14-12-19)25-22-15-28(16-24(31)29(22)23(25)17-30)26(32)27-21-9-4-3-5-10-21/h11-14,18,21-23,25,30H,3-5,7,9-10,15-17H2,1-2H3,(H,27,32)/t22-,23+,25-/m0/s1. The Morgan fingerprint density at radius 3 is 2.56 bits per heavy atom. The quantitative estimate of drug-likeness (QED) is 0.711. The molecule has 2 saturated heterocycles. The van der Waals surface area contributed by atoms with Crippen LogP contribution in [0.1, 0.15) is 69.4 Å². The molecule has 1 aromatic carbocycles. The van der Waals surface area contributed by atoms with Crippen molar-refractivity contribution in [1.29, 1.82) is 0 Å². The number of aliphatic hydroxyl groups is 1. The molecule has 4 rings (SSSR count). The highest BCUT2D eigenvalue weighted by Gasteiger charge is 2.54. The molecule has 32 heavy (non-hydrogen) atoms. The summed E-state index contributed by atoms with van der Waals surface area (Å²) >= 11 is 0. The zero-order chi connectivity index (χ0) is 22.7. The predicted octanol–water partition coefficient (Wildman–Crippen LogP) is 3.10. The van der Waals surface area contributed by atoms with Crippen molar-refractivity contribution in [3.05, 3.63) is 35.4 Å². The summed E-state index contributed by atoms with van der Waals surface area (Å²) in [6.45, 7) is 4.82. The fourth-order valence-corrected chi connectivity index (χ4v) is 5.31. The van der Waals surface area contributed by atoms with Crippen LogP contribution in [-0.4, -0.2) is 64.7 Å². The third-order valence-corrected chi connectivity index (χ3v) is 7.01. The van der Waals surface area contributed by atoms with Gasteiger partial charge in [-0.1, -0.05) is 57.1 Å². The van der Waals surface area contributed by atoms with Gasteiger partial charge in [0.1, 0.15) is 6.54 Å². The Hall–Kier alpha value is -2.52. The Labute approximate surface area is 191 Å². The van der Waals surface area contributed by atoms with Crippen molar-refractivity contribution >= 4 is 11.9 Å². The minimum absolute atomic E-state index is 0.0203. The number of carbonyl (C=O) groups is 2. The molecule has 0 unspecified atom stereocenters. The number of urea groups is 1. The van der Waals surface area contributed by atoms with Crippen molar-refractivity contribution in [2.24, 2.45) is 5.92 Å². The molecule has 3 atom stereocenters. The average Bonchev–Trinajstić information content (AvgIpc) is 2.76. The summed E-state index contributed by atoms with van der Waals surface area (Å²) in [7, 11) is 0. The molecule has 2 heterocycles. The van der Waals surface area contributed by atoms with Gasteiger partial charge in [-0.2, -0.15) is 0 Å². The predicted molar refractivity (Wildman–Crippen MR) is 124 cm³/mol. The molecule has 0 aromatic heterocycles. The molecule has 1 aliphatic carbocycles. The Bertz CT molecular complexity index is 880. The molecule has 1 aromatic rings. The Kier molecular flexibility index (Phi) is 7.05. The molecule has 6 nitrogen and oxygen atoms in total. The fourth-order valence-electron chi connectivity index (χ4n) is 5.31. The van der Waals surface area contributed by atoms with Gasteiger partial charge in [-0.05, 0) is 36.5 Å². The van der Waals surface area contributed by atoms with E-state index < -0.39 is 0 Å². The van der Waals surface area contributed by atoms with Crippen LogP contribution >= 0.6 is 0 Å². The van der Waals surface area contributed by atoms with E-state index in [1.807, 2.05) is 12.1 Å². The summed E-state index contributed by atoms with van der Waals surface area (Å²) in [6.07, 6.45) is 6.44. The van der Waals surface area contributed by atoms with Gasteiger partial charge < -0.3 is 20.2 Å². The van der Waals surface area contributed by atoms with Crippen LogP contribution in [0.2, 0.25) is 0 Å². The first-order valence-corrected chi connectivity index (χ1v) is 12.0. The van der Waals surface area contributed by atoms with Gasteiger partial charge in [0.2, 0.25) is 5.91 Å². The molecule has 3 aliphatic rings. The largest absolute Gasteiger partial charge is 0.394 e. The lowest BCUT2D eigenvalue weighted by Crippen LogP contribution is -2.74. The van der Waals surface area contributed by atoms with Crippen LogP contribution in [0.25, 0.3) is 0 Å². The summed E-state index contributed by atoms with van der Waals surface area (Å²) in [5, 5.41) is 13.1. The molecular formula is C26H35N3O3. The van der Waals surface area contributed by atoms with Crippen molar-refractivity contribution in [2.75, 3.05) is 19.7 Å². The second-order valence-electron chi connectivity index (χ2n) is 9.83. The van der Waals surface area contributed by atoms with E-state index in [-0.39, 0.29) is 49.1 Å². The van der Waals surface area contributed by atoms with Crippen molar-refractivity contribution in [3.63, 3.8) is 0 Å². The number of rotatable bonds is 4. The van der Waals surface area contributed by atoms with E-state index in [2.05, 4.69) is 43.1 Å². The highest BCUT2D eigenvalue weighted by atomic mass is 16.3. The van der Waals surface area contributed by atoms with Gasteiger partial charge in [0.15, 0.2) is 0 Å². The molecule has 2 N–H and O–H groups in total. The topological polar surface area (TPSA) is 72.9 Å². The number of amides is 3. The second-order valence-corrected chi connectivity index (χ2v) is 9.83. The molecule has 3 amide bonds. The molecule has 1 saturated carbocycles. The summed E-state index contributed by atoms with van der Waals surface area (Å²) in [5.74, 6) is 6.90. The van der Waals surface area contributed by atoms with Gasteiger partial charge in [0, 0.05) is 30.5 Å². The number of hydrogen-bond donors (Lipinski definition) is 2. The Morgan fingerprint density at radius 1 is 1.19 bits per heavy atom. The first-order chi connectivity index (χ1) is 15.5. The van der Waals surface area contributed by atoms with E-state index in [9.17, 15) is 14.7 Å². The Morgan fingerprint density at radius 2 is 1.91 bits per heavy atom. The molecule has 3 fully saturated rings. The highest BCUT2D eigenvalue weighted by Crippen LogP contribution is 2.42. The number of aliphatic hydroxyl groups excluding tert-OH is 1. The van der Waals surface area contributed by atoms with Crippen molar-refractivity contribution in [2.45, 2.75) is 76.4 Å². The second kappa shape index (κ2) is 9.95. The third-order valence-electron chi connectivity index (χ3n) is 7.01. The van der Waals surface area contributed by atoms with E-state index in [1.54, 1.807) is 9.80 Å². The van der Waals surface area contributed by atoms with Gasteiger partial charge in [-0.3, -0.25) is 4.79 Å². The van der Waals surface area contributed by atoms with Crippen LogP contribution in [-0.2, 0) is 4.79 Å². The van der Waals surface area contributed by atoms with Gasteiger partial charge in [0.05, 0.1) is 18.7 Å². The SMILES string of the molecule is CC(C)CC#Cc1ccc([C@@H]2[C@@H](CO)N3C(=O)CN(C(=O)NC4CCCCC4)C[C@@H]23)cc1. The van der Waals surface area contributed by atoms with Crippen molar-refractivity contribution < 1.29 is 14.7 Å². The first kappa shape index (κ1) is 22.7. The van der Waals surface area contributed by atoms with Gasteiger partial charge in [-0.25, -0.2) is 4.79 Å². The van der Waals surface area contributed by atoms with Gasteiger partial charge in [0.25, 0.3) is 0 Å². The highest BCUT2D eigenvalue weighted by molar-refractivity contribution is 5.87. The molecule has 0 spiro atoms. The van der Waals surface area contributed by atoms with E-state index in [0.29, 0.717) is 12.5 Å². The summed E-state index contributed by atoms with van der Waals surface area (Å²) in [4.78, 5) is 29.1. The fraction of sp³-hybridized carbons (Fsp3) is 0.615. The first-order valence-electron chi connectivity index (χ1n) is 12.0. The zero-order valence-electron chi connectivity index (χ0n) is 19.2. The number of nitrogens with one attached hydrogen (secondary N) is 1. The van der Waals surface area contributed by atoms with Crippen LogP contribution in [0.4, 0.5) is 4.79 Å². The maximum Gasteiger partial charge on any atom is 0.318 e. The normalized spacial score (nSPS) is 25.6. The lowest BCUT2D eigenvalue weighted by molar-refractivity contribution is -0.159. The zero-order valence-corrected chi connectivity index (χ0v) is 19.2. The number of piperazine rings is 1. The summed E-state index contributed by atoms with van der Waals surface area (Å²) in [6, 6.07) is 7.89. The molecule has 0 bridgehead atoms. The maximum absolute atomic E-state index is 12.9. The molecule has 172 valence electrons. The minimum Gasteiger partial charge on any atom is -0.394 e. The number of hydrogen-bond acceptors (Lipinski definition) is 3. The van der Waals surface area contributed by atoms with Crippen LogP contribution in [0.15, 0.2) is 24.3 Å². The van der Waals surface area contributed by atoms with Crippen LogP contribution < -0.4 is 5.32 Å². The van der Waals surface area contributed by atoms with Crippen LogP contribution in [0, 0.1) is 17.8 Å². The molecule has 2 aliphatic heterocycles. The Balaban J connectivity index is 1.44. The summed E-state index contributed by atoms with van der Waals surface area (Å²) in [5.41, 5.74) is 2.06. The number of fused-ring (bicyclic) bond motifs is 1. The van der Waals surface area contributed by atoms with Crippen molar-refractivity contribution in [1.82, 2.24) is 15.1 Å². The maximum atomic E-state index is 12.9. The number of nitrogens with zero attached hydrogens (tertiary/aromatic N) is 2. The van der Waals surface area contributed by atoms with Crippen LogP contribution in [0.5, 0.6) is 0 Å². The lowest BCUT2D eigenvalue weighted by Gasteiger charge is -2.58. The molecule has 0 radical (unpaired) electrons. The number of benzene rings is 1. The summed E-state index contributed by atoms with van der Waals surface area (Å²) < 4.78 is 0. The number of carbonyl (C=O) groups excluding carboxylic acids is 2. The van der Waals surface area contributed by atoms with E-state index >= 15 is 0 Å². The monoisotopic (exact) mass is 437 g/mol. The third kappa shape index (κ3) is 4.78. The average molecular weight is 438 g/mol. The smallest absolute Gasteiger partial charge is 0.318 e. The van der Waals surface area contributed by atoms with Crippen LogP contribution in [0.3, 0.4) is 0 Å². The van der Waals surface area contributed by atoms with Gasteiger partial charge in [-0.15, -0.1) is 0 Å². The van der Waals surface area contributed by atoms with Gasteiger partial charge >= 0.3 is 6.03 Å². The van der Waals surface area contributed by atoms with E-state index in [0.717, 1.165) is 43.2 Å². The van der Waals surface area contributed by atoms with Crippen molar-refractivity contribution in [3.8, 4) is 11.8 Å². The van der Waals surface area contributed by atoms with E-state index in [4.69, 9.17) is 0 Å². The lowest BCUT2D eigenvalue weighted by atomic mass is 9.73. The minimum atomic E-state index is -0.228. The molecule has 6 heteroatoms. The van der Waals surface area contributed by atoms with E-state index in [1.165, 1.54) is 6.42 Å². The molecular weight excluding hydrogens is 402 g/mol.